The number of thioether (sulfide) groups is 3. The molecule has 0 fully saturated rings. The zero-order valence-corrected chi connectivity index (χ0v) is 35.4. The van der Waals surface area contributed by atoms with Gasteiger partial charge in [-0.2, -0.15) is 0 Å². The molecular weight excluding hydrogens is 637 g/mol. The summed E-state index contributed by atoms with van der Waals surface area (Å²) < 4.78 is 0. The van der Waals surface area contributed by atoms with Gasteiger partial charge in [-0.1, -0.05) is 213 Å². The summed E-state index contributed by atoms with van der Waals surface area (Å²) in [6.07, 6.45) is 47.2. The van der Waals surface area contributed by atoms with Crippen molar-refractivity contribution in [3.63, 3.8) is 0 Å². The molecule has 0 unspecified atom stereocenters. The van der Waals surface area contributed by atoms with E-state index in [2.05, 4.69) is 74.3 Å². The summed E-state index contributed by atoms with van der Waals surface area (Å²) in [5.74, 6) is 3.86. The van der Waals surface area contributed by atoms with Crippen LogP contribution in [-0.2, 0) is 0 Å². The summed E-state index contributed by atoms with van der Waals surface area (Å²) in [6, 6.07) is 7.45. The first-order valence-corrected chi connectivity index (χ1v) is 24.8. The van der Waals surface area contributed by atoms with Crippen molar-refractivity contribution >= 4 is 35.3 Å². The first kappa shape index (κ1) is 46.3. The summed E-state index contributed by atoms with van der Waals surface area (Å²) in [7, 11) is 0. The third kappa shape index (κ3) is 31.0. The molecule has 0 saturated carbocycles. The van der Waals surface area contributed by atoms with Gasteiger partial charge < -0.3 is 0 Å². The van der Waals surface area contributed by atoms with Crippen LogP contribution in [0.2, 0.25) is 0 Å². The largest absolute Gasteiger partial charge is 0.126 e. The van der Waals surface area contributed by atoms with Crippen molar-refractivity contribution in [2.24, 2.45) is 0 Å². The molecule has 0 radical (unpaired) electrons. The molecule has 0 aliphatic heterocycles. The lowest BCUT2D eigenvalue weighted by Gasteiger charge is -2.12. The van der Waals surface area contributed by atoms with Crippen LogP contribution in [0.5, 0.6) is 0 Å². The molecular formula is C45H84S3. The normalized spacial score (nSPS) is 11.6. The van der Waals surface area contributed by atoms with Crippen molar-refractivity contribution in [2.75, 3.05) is 17.3 Å². The molecule has 0 N–H and O–H groups in total. The third-order valence-corrected chi connectivity index (χ3v) is 13.5. The maximum Gasteiger partial charge on any atom is 0.0219 e. The molecule has 0 aliphatic rings. The molecule has 0 heterocycles. The van der Waals surface area contributed by atoms with E-state index in [0.29, 0.717) is 0 Å². The summed E-state index contributed by atoms with van der Waals surface area (Å²) in [6.45, 7) is 6.94. The Labute approximate surface area is 316 Å². The van der Waals surface area contributed by atoms with Crippen LogP contribution < -0.4 is 0 Å². The zero-order chi connectivity index (χ0) is 34.4. The molecule has 3 heteroatoms. The second kappa shape index (κ2) is 38.5. The summed E-state index contributed by atoms with van der Waals surface area (Å²) in [5, 5.41) is 0. The minimum absolute atomic E-state index is 1.28. The van der Waals surface area contributed by atoms with Crippen LogP contribution in [-0.4, -0.2) is 17.3 Å². The van der Waals surface area contributed by atoms with E-state index in [9.17, 15) is 0 Å². The Kier molecular flexibility index (Phi) is 37.1. The predicted octanol–water partition coefficient (Wildman–Crippen LogP) is 17.9. The molecule has 0 spiro atoms. The number of benzene rings is 1. The van der Waals surface area contributed by atoms with Crippen molar-refractivity contribution in [2.45, 2.75) is 247 Å². The molecule has 1 aromatic carbocycles. The Morgan fingerprint density at radius 1 is 0.292 bits per heavy atom. The van der Waals surface area contributed by atoms with E-state index in [4.69, 9.17) is 0 Å². The summed E-state index contributed by atoms with van der Waals surface area (Å²) in [5.41, 5.74) is 0. The van der Waals surface area contributed by atoms with Gasteiger partial charge in [-0.05, 0) is 54.7 Å². The second-order valence-electron chi connectivity index (χ2n) is 14.8. The highest BCUT2D eigenvalue weighted by atomic mass is 32.2. The van der Waals surface area contributed by atoms with Crippen LogP contribution in [0.25, 0.3) is 0 Å². The minimum atomic E-state index is 1.28. The van der Waals surface area contributed by atoms with E-state index in [1.807, 2.05) is 0 Å². The first-order chi connectivity index (χ1) is 23.8. The van der Waals surface area contributed by atoms with E-state index in [0.717, 1.165) is 0 Å². The number of hydrogen-bond acceptors (Lipinski definition) is 3. The van der Waals surface area contributed by atoms with Gasteiger partial charge in [-0.3, -0.25) is 0 Å². The van der Waals surface area contributed by atoms with Gasteiger partial charge in [-0.25, -0.2) is 0 Å². The van der Waals surface area contributed by atoms with Gasteiger partial charge in [0.25, 0.3) is 0 Å². The molecule has 0 bridgehead atoms. The number of rotatable bonds is 39. The minimum Gasteiger partial charge on any atom is -0.126 e. The molecule has 0 aliphatic carbocycles. The van der Waals surface area contributed by atoms with Crippen molar-refractivity contribution in [3.05, 3.63) is 18.2 Å². The fourth-order valence-electron chi connectivity index (χ4n) is 6.66. The third-order valence-electron chi connectivity index (χ3n) is 9.94. The predicted molar refractivity (Wildman–Crippen MR) is 228 cm³/mol. The molecule has 0 aromatic heterocycles. The topological polar surface area (TPSA) is 0 Å². The van der Waals surface area contributed by atoms with Crippen LogP contribution in [0.1, 0.15) is 233 Å². The van der Waals surface area contributed by atoms with Gasteiger partial charge in [0.15, 0.2) is 0 Å². The van der Waals surface area contributed by atoms with Gasteiger partial charge in [0.05, 0.1) is 0 Å². The van der Waals surface area contributed by atoms with Crippen LogP contribution in [0.15, 0.2) is 32.9 Å². The van der Waals surface area contributed by atoms with Crippen molar-refractivity contribution in [1.29, 1.82) is 0 Å². The van der Waals surface area contributed by atoms with Gasteiger partial charge >= 0.3 is 0 Å². The lowest BCUT2D eigenvalue weighted by molar-refractivity contribution is 0.555. The van der Waals surface area contributed by atoms with Crippen LogP contribution in [0.3, 0.4) is 0 Å². The van der Waals surface area contributed by atoms with E-state index in [1.165, 1.54) is 234 Å². The van der Waals surface area contributed by atoms with E-state index in [-0.39, 0.29) is 0 Å². The molecule has 0 saturated heterocycles. The highest BCUT2D eigenvalue weighted by Gasteiger charge is 2.07. The van der Waals surface area contributed by atoms with Crippen LogP contribution in [0, 0.1) is 0 Å². The van der Waals surface area contributed by atoms with E-state index >= 15 is 0 Å². The highest BCUT2D eigenvalue weighted by Crippen LogP contribution is 2.36. The number of unbranched alkanes of at least 4 members (excludes halogenated alkanes) is 30. The first-order valence-electron chi connectivity index (χ1n) is 21.8. The maximum atomic E-state index is 2.55. The Morgan fingerprint density at radius 3 is 0.896 bits per heavy atom. The van der Waals surface area contributed by atoms with Crippen molar-refractivity contribution < 1.29 is 0 Å². The lowest BCUT2D eigenvalue weighted by atomic mass is 10.1. The molecule has 0 nitrogen and oxygen atoms in total. The standard InChI is InChI=1S/C45H84S3/c1-4-7-10-13-16-19-22-25-28-31-34-39-46-43-37-38-44(47-40-35-32-29-26-23-20-17-14-11-8-5-2)45(42-43)48-41-36-33-30-27-24-21-18-15-12-9-6-3/h37-38,42H,4-36,39-41H2,1-3H3. The molecule has 282 valence electrons. The SMILES string of the molecule is CCCCCCCCCCCCCSc1ccc(SCCCCCCCCCCCCC)c(SCCCCCCCCCCCCC)c1. The number of hydrogen-bond donors (Lipinski definition) is 0. The Bertz CT molecular complexity index is 763. The maximum absolute atomic E-state index is 2.55. The van der Waals surface area contributed by atoms with Crippen molar-refractivity contribution in [3.8, 4) is 0 Å². The van der Waals surface area contributed by atoms with E-state index in [1.54, 1.807) is 9.79 Å². The average molecular weight is 721 g/mol. The summed E-state index contributed by atoms with van der Waals surface area (Å²) in [4.78, 5) is 4.62. The van der Waals surface area contributed by atoms with E-state index < -0.39 is 0 Å². The highest BCUT2D eigenvalue weighted by molar-refractivity contribution is 8.02. The smallest absolute Gasteiger partial charge is 0.0219 e. The fourth-order valence-corrected chi connectivity index (χ4v) is 9.96. The molecule has 0 atom stereocenters. The summed E-state index contributed by atoms with van der Waals surface area (Å²) >= 11 is 6.40. The molecule has 0 amide bonds. The Hall–Kier alpha value is 0.270. The van der Waals surface area contributed by atoms with Crippen LogP contribution >= 0.6 is 35.3 Å². The lowest BCUT2D eigenvalue weighted by Crippen LogP contribution is -1.89. The fraction of sp³-hybridized carbons (Fsp3) is 0.867. The van der Waals surface area contributed by atoms with Gasteiger partial charge in [0, 0.05) is 14.7 Å². The van der Waals surface area contributed by atoms with Gasteiger partial charge in [0.2, 0.25) is 0 Å². The average Bonchev–Trinajstić information content (AvgIpc) is 3.10. The Morgan fingerprint density at radius 2 is 0.562 bits per heavy atom. The quantitative estimate of drug-likeness (QED) is 0.0491. The zero-order valence-electron chi connectivity index (χ0n) is 32.9. The van der Waals surface area contributed by atoms with Crippen LogP contribution in [0.4, 0.5) is 0 Å². The molecule has 1 aromatic rings. The molecule has 1 rings (SSSR count). The monoisotopic (exact) mass is 721 g/mol. The molecule has 48 heavy (non-hydrogen) atoms. The Balaban J connectivity index is 2.32. The van der Waals surface area contributed by atoms with Gasteiger partial charge in [-0.15, -0.1) is 35.3 Å². The van der Waals surface area contributed by atoms with Crippen molar-refractivity contribution in [1.82, 2.24) is 0 Å². The second-order valence-corrected chi connectivity index (χ2v) is 18.2. The van der Waals surface area contributed by atoms with Gasteiger partial charge in [0.1, 0.15) is 0 Å².